The standard InChI is InChI=1S/C28H37N3O4S/c1-18(33)30-11-13-31(14-12-30)24(35)15-20-25-21(36-26(29-25)19-7-5-4-6-8-19)16-22-27(20,2)10-9-23(34)28(22,3)17-32/h4-8,20,22-23,32,34H,9-17H2,1-3H3/t20-,22+,23-,27+,28+/m1/s1. The lowest BCUT2D eigenvalue weighted by molar-refractivity contribution is -0.149. The average molecular weight is 512 g/mol. The molecule has 7 nitrogen and oxygen atoms in total. The Kier molecular flexibility index (Phi) is 6.72. The third-order valence-corrected chi connectivity index (χ3v) is 10.5. The molecule has 8 heteroatoms. The van der Waals surface area contributed by atoms with Crippen molar-refractivity contribution in [3.63, 3.8) is 0 Å². The van der Waals surface area contributed by atoms with Crippen molar-refractivity contribution in [2.45, 2.75) is 58.5 Å². The lowest BCUT2D eigenvalue weighted by atomic mass is 9.47. The fourth-order valence-electron chi connectivity index (χ4n) is 6.92. The third-order valence-electron chi connectivity index (χ3n) is 9.37. The highest BCUT2D eigenvalue weighted by Crippen LogP contribution is 2.63. The predicted molar refractivity (Wildman–Crippen MR) is 139 cm³/mol. The summed E-state index contributed by atoms with van der Waals surface area (Å²) < 4.78 is 0. The van der Waals surface area contributed by atoms with Crippen molar-refractivity contribution in [1.82, 2.24) is 14.8 Å². The highest BCUT2D eigenvalue weighted by atomic mass is 32.1. The van der Waals surface area contributed by atoms with Crippen molar-refractivity contribution in [2.24, 2.45) is 16.7 Å². The SMILES string of the molecule is CC(=O)N1CCN(C(=O)C[C@@H]2c3nc(-c4ccccc4)sc3C[C@@H]3[C@](C)(CO)[C@H](O)CC[C@]32C)CC1. The molecule has 1 aromatic carbocycles. The van der Waals surface area contributed by atoms with Crippen molar-refractivity contribution in [3.8, 4) is 10.6 Å². The van der Waals surface area contributed by atoms with Crippen LogP contribution in [0.15, 0.2) is 30.3 Å². The van der Waals surface area contributed by atoms with Crippen LogP contribution in [0.25, 0.3) is 10.6 Å². The van der Waals surface area contributed by atoms with Crippen molar-refractivity contribution in [3.05, 3.63) is 40.9 Å². The molecule has 2 aliphatic carbocycles. The van der Waals surface area contributed by atoms with E-state index in [2.05, 4.69) is 19.1 Å². The zero-order valence-corrected chi connectivity index (χ0v) is 22.3. The largest absolute Gasteiger partial charge is 0.396 e. The highest BCUT2D eigenvalue weighted by Gasteiger charge is 2.59. The Morgan fingerprint density at radius 2 is 1.78 bits per heavy atom. The molecule has 1 saturated carbocycles. The van der Waals surface area contributed by atoms with E-state index in [4.69, 9.17) is 4.98 Å². The van der Waals surface area contributed by atoms with Gasteiger partial charge in [0.25, 0.3) is 0 Å². The van der Waals surface area contributed by atoms with Gasteiger partial charge in [-0.15, -0.1) is 11.3 Å². The molecule has 0 bridgehead atoms. The van der Waals surface area contributed by atoms with E-state index in [9.17, 15) is 19.8 Å². The first-order valence-corrected chi connectivity index (χ1v) is 13.9. The summed E-state index contributed by atoms with van der Waals surface area (Å²) in [6, 6.07) is 10.1. The maximum absolute atomic E-state index is 13.6. The number of nitrogens with zero attached hydrogens (tertiary/aromatic N) is 3. The number of aromatic nitrogens is 1. The van der Waals surface area contributed by atoms with Crippen LogP contribution < -0.4 is 0 Å². The molecular formula is C28H37N3O4S. The first-order valence-electron chi connectivity index (χ1n) is 13.0. The zero-order valence-electron chi connectivity index (χ0n) is 21.4. The van der Waals surface area contributed by atoms with Gasteiger partial charge in [-0.1, -0.05) is 44.2 Å². The second-order valence-electron chi connectivity index (χ2n) is 11.3. The molecule has 5 atom stereocenters. The monoisotopic (exact) mass is 511 g/mol. The van der Waals surface area contributed by atoms with Crippen LogP contribution in [-0.4, -0.2) is 75.7 Å². The van der Waals surface area contributed by atoms with Crippen molar-refractivity contribution >= 4 is 23.2 Å². The van der Waals surface area contributed by atoms with Crippen LogP contribution in [-0.2, 0) is 16.0 Å². The molecule has 36 heavy (non-hydrogen) atoms. The van der Waals surface area contributed by atoms with Gasteiger partial charge in [0.05, 0.1) is 18.4 Å². The molecule has 2 N–H and O–H groups in total. The second kappa shape index (κ2) is 9.54. The fourth-order valence-corrected chi connectivity index (χ4v) is 8.10. The fraction of sp³-hybridized carbons (Fsp3) is 0.607. The highest BCUT2D eigenvalue weighted by molar-refractivity contribution is 7.15. The van der Waals surface area contributed by atoms with Gasteiger partial charge in [-0.3, -0.25) is 9.59 Å². The van der Waals surface area contributed by atoms with Gasteiger partial charge in [0.2, 0.25) is 11.8 Å². The number of piperazine rings is 1. The van der Waals surface area contributed by atoms with Crippen LogP contribution in [0.5, 0.6) is 0 Å². The van der Waals surface area contributed by atoms with E-state index in [1.54, 1.807) is 23.2 Å². The molecule has 1 saturated heterocycles. The summed E-state index contributed by atoms with van der Waals surface area (Å²) in [6.07, 6.45) is 1.95. The van der Waals surface area contributed by atoms with Crippen molar-refractivity contribution in [1.29, 1.82) is 0 Å². The summed E-state index contributed by atoms with van der Waals surface area (Å²) in [5.41, 5.74) is 1.20. The average Bonchev–Trinajstić information content (AvgIpc) is 3.32. The Morgan fingerprint density at radius 3 is 2.42 bits per heavy atom. The Morgan fingerprint density at radius 1 is 1.11 bits per heavy atom. The Hall–Kier alpha value is -2.29. The lowest BCUT2D eigenvalue weighted by Gasteiger charge is -2.58. The number of carbonyl (C=O) groups is 2. The minimum atomic E-state index is -0.629. The van der Waals surface area contributed by atoms with Crippen LogP contribution in [0.1, 0.15) is 56.5 Å². The Bertz CT molecular complexity index is 1130. The predicted octanol–water partition coefficient (Wildman–Crippen LogP) is 3.31. The van der Waals surface area contributed by atoms with Gasteiger partial charge in [0.15, 0.2) is 0 Å². The molecule has 0 unspecified atom stereocenters. The minimum Gasteiger partial charge on any atom is -0.396 e. The van der Waals surface area contributed by atoms with Crippen molar-refractivity contribution < 1.29 is 19.8 Å². The van der Waals surface area contributed by atoms with Crippen LogP contribution in [0, 0.1) is 16.7 Å². The Labute approximate surface area is 217 Å². The Balaban J connectivity index is 1.50. The van der Waals surface area contributed by atoms with E-state index < -0.39 is 11.5 Å². The number of rotatable bonds is 4. The summed E-state index contributed by atoms with van der Waals surface area (Å²) in [5, 5.41) is 22.4. The zero-order chi connectivity index (χ0) is 25.7. The smallest absolute Gasteiger partial charge is 0.223 e. The summed E-state index contributed by atoms with van der Waals surface area (Å²) in [7, 11) is 0. The van der Waals surface area contributed by atoms with Crippen LogP contribution in [0.4, 0.5) is 0 Å². The van der Waals surface area contributed by atoms with Gasteiger partial charge in [0.1, 0.15) is 5.01 Å². The van der Waals surface area contributed by atoms with E-state index in [-0.39, 0.29) is 35.7 Å². The number of thiazole rings is 1. The summed E-state index contributed by atoms with van der Waals surface area (Å²) >= 11 is 1.68. The van der Waals surface area contributed by atoms with Gasteiger partial charge in [-0.25, -0.2) is 4.98 Å². The van der Waals surface area contributed by atoms with E-state index in [0.29, 0.717) is 39.0 Å². The lowest BCUT2D eigenvalue weighted by Crippen LogP contribution is -2.58. The molecule has 0 spiro atoms. The van der Waals surface area contributed by atoms with E-state index in [1.165, 1.54) is 4.88 Å². The molecule has 2 fully saturated rings. The number of benzene rings is 1. The van der Waals surface area contributed by atoms with Crippen molar-refractivity contribution in [2.75, 3.05) is 32.8 Å². The molecule has 2 amide bonds. The summed E-state index contributed by atoms with van der Waals surface area (Å²) in [4.78, 5) is 35.4. The molecule has 194 valence electrons. The molecule has 2 aromatic rings. The van der Waals surface area contributed by atoms with Crippen LogP contribution in [0.2, 0.25) is 0 Å². The molecular weight excluding hydrogens is 474 g/mol. The van der Waals surface area contributed by atoms with Gasteiger partial charge in [-0.05, 0) is 30.6 Å². The molecule has 5 rings (SSSR count). The van der Waals surface area contributed by atoms with E-state index in [0.717, 1.165) is 29.1 Å². The number of aliphatic hydroxyl groups excluding tert-OH is 2. The number of amides is 2. The molecule has 2 heterocycles. The normalized spacial score (nSPS) is 32.1. The topological polar surface area (TPSA) is 94.0 Å². The summed E-state index contributed by atoms with van der Waals surface area (Å²) in [5.74, 6) is 0.107. The number of hydrogen-bond donors (Lipinski definition) is 2. The third kappa shape index (κ3) is 4.17. The van der Waals surface area contributed by atoms with Gasteiger partial charge in [0, 0.05) is 61.3 Å². The summed E-state index contributed by atoms with van der Waals surface area (Å²) in [6.45, 7) is 7.99. The van der Waals surface area contributed by atoms with Crippen LogP contribution in [0.3, 0.4) is 0 Å². The van der Waals surface area contributed by atoms with Gasteiger partial charge >= 0.3 is 0 Å². The molecule has 3 aliphatic rings. The second-order valence-corrected chi connectivity index (χ2v) is 12.4. The molecule has 1 aromatic heterocycles. The molecule has 0 radical (unpaired) electrons. The van der Waals surface area contributed by atoms with Gasteiger partial charge in [-0.2, -0.15) is 0 Å². The van der Waals surface area contributed by atoms with E-state index in [1.807, 2.05) is 30.0 Å². The maximum atomic E-state index is 13.6. The number of hydrogen-bond acceptors (Lipinski definition) is 6. The van der Waals surface area contributed by atoms with Crippen LogP contribution >= 0.6 is 11.3 Å². The number of aliphatic hydroxyl groups is 2. The molecule has 1 aliphatic heterocycles. The number of carbonyl (C=O) groups excluding carboxylic acids is 2. The maximum Gasteiger partial charge on any atom is 0.223 e. The minimum absolute atomic E-state index is 0.0442. The first kappa shape index (κ1) is 25.4. The first-order chi connectivity index (χ1) is 17.2. The number of fused-ring (bicyclic) bond motifs is 2. The quantitative estimate of drug-likeness (QED) is 0.657. The van der Waals surface area contributed by atoms with E-state index >= 15 is 0 Å². The van der Waals surface area contributed by atoms with Gasteiger partial charge < -0.3 is 20.0 Å².